The van der Waals surface area contributed by atoms with E-state index < -0.39 is 0 Å². The Bertz CT molecular complexity index is 1220. The van der Waals surface area contributed by atoms with E-state index in [-0.39, 0.29) is 24.0 Å². The smallest absolute Gasteiger partial charge is 0.270 e. The van der Waals surface area contributed by atoms with Crippen LogP contribution in [0.5, 0.6) is 0 Å². The van der Waals surface area contributed by atoms with Crippen molar-refractivity contribution in [2.75, 3.05) is 25.0 Å². The van der Waals surface area contributed by atoms with Gasteiger partial charge in [-0.3, -0.25) is 4.79 Å². The number of pyridine rings is 1. The van der Waals surface area contributed by atoms with Crippen LogP contribution in [0.15, 0.2) is 48.8 Å². The lowest BCUT2D eigenvalue weighted by Crippen LogP contribution is -2.60. The molecule has 3 aromatic rings. The molecule has 1 fully saturated rings. The minimum absolute atomic E-state index is 0.00604. The summed E-state index contributed by atoms with van der Waals surface area (Å²) in [5.74, 6) is 0.748. The molecule has 2 aromatic heterocycles. The molecule has 4 heterocycles. The third kappa shape index (κ3) is 4.31. The monoisotopic (exact) mass is 479 g/mol. The predicted octanol–water partition coefficient (Wildman–Crippen LogP) is 3.76. The highest BCUT2D eigenvalue weighted by atomic mass is 35.5. The number of aromatic nitrogens is 2. The summed E-state index contributed by atoms with van der Waals surface area (Å²) in [7, 11) is 0. The topological polar surface area (TPSA) is 82.4 Å². The van der Waals surface area contributed by atoms with Crippen molar-refractivity contribution < 1.29 is 9.90 Å². The zero-order valence-electron chi connectivity index (χ0n) is 19.5. The first-order chi connectivity index (χ1) is 16.4. The van der Waals surface area contributed by atoms with Crippen molar-refractivity contribution in [1.29, 1.82) is 0 Å². The average molecular weight is 480 g/mol. The van der Waals surface area contributed by atoms with Gasteiger partial charge in [0.05, 0.1) is 11.6 Å². The first kappa shape index (κ1) is 22.9. The fourth-order valence-corrected chi connectivity index (χ4v) is 5.17. The number of anilines is 1. The van der Waals surface area contributed by atoms with E-state index in [1.807, 2.05) is 47.5 Å². The van der Waals surface area contributed by atoms with Crippen LogP contribution < -0.4 is 10.6 Å². The minimum atomic E-state index is -0.0429. The summed E-state index contributed by atoms with van der Waals surface area (Å²) in [6, 6.07) is 11.9. The van der Waals surface area contributed by atoms with Gasteiger partial charge in [0.1, 0.15) is 11.5 Å². The van der Waals surface area contributed by atoms with Crippen LogP contribution in [0, 0.1) is 5.41 Å². The summed E-state index contributed by atoms with van der Waals surface area (Å²) in [5.41, 5.74) is 4.23. The second-order valence-electron chi connectivity index (χ2n) is 9.78. The fraction of sp³-hybridized carbons (Fsp3) is 0.385. The third-order valence-corrected chi connectivity index (χ3v) is 6.99. The number of amides is 1. The Morgan fingerprint density at radius 3 is 2.65 bits per heavy atom. The first-order valence-corrected chi connectivity index (χ1v) is 12.1. The number of fused-ring (bicyclic) bond motifs is 1. The number of halogens is 1. The molecule has 0 aliphatic carbocycles. The van der Waals surface area contributed by atoms with Gasteiger partial charge in [-0.05, 0) is 37.1 Å². The van der Waals surface area contributed by atoms with Gasteiger partial charge in [-0.25, -0.2) is 4.98 Å². The Labute approximate surface area is 204 Å². The van der Waals surface area contributed by atoms with Crippen LogP contribution >= 0.6 is 11.6 Å². The SMILES string of the molecule is CC(C)Nc1cc(-c2cc3n(c2)CC2(CNC2)CN(Cc2ccccc2CO)C3=O)c(Cl)cn1. The van der Waals surface area contributed by atoms with Gasteiger partial charge in [-0.2, -0.15) is 0 Å². The molecule has 0 unspecified atom stereocenters. The zero-order chi connectivity index (χ0) is 23.9. The minimum Gasteiger partial charge on any atom is -0.392 e. The molecule has 34 heavy (non-hydrogen) atoms. The molecule has 0 atom stereocenters. The number of benzene rings is 1. The second kappa shape index (κ2) is 9.06. The summed E-state index contributed by atoms with van der Waals surface area (Å²) in [5, 5.41) is 17.0. The quantitative estimate of drug-likeness (QED) is 0.501. The Morgan fingerprint density at radius 1 is 1.21 bits per heavy atom. The number of nitrogens with one attached hydrogen (secondary N) is 2. The average Bonchev–Trinajstić information content (AvgIpc) is 3.16. The van der Waals surface area contributed by atoms with Gasteiger partial charge in [-0.1, -0.05) is 35.9 Å². The van der Waals surface area contributed by atoms with Crippen molar-refractivity contribution in [2.45, 2.75) is 39.6 Å². The lowest BCUT2D eigenvalue weighted by Gasteiger charge is -2.44. The highest BCUT2D eigenvalue weighted by Crippen LogP contribution is 2.36. The van der Waals surface area contributed by atoms with Crippen LogP contribution in [0.2, 0.25) is 5.02 Å². The van der Waals surface area contributed by atoms with Gasteiger partial charge >= 0.3 is 0 Å². The predicted molar refractivity (Wildman–Crippen MR) is 134 cm³/mol. The molecule has 0 bridgehead atoms. The third-order valence-electron chi connectivity index (χ3n) is 6.69. The van der Waals surface area contributed by atoms with Gasteiger partial charge in [0.15, 0.2) is 0 Å². The van der Waals surface area contributed by atoms with Crippen LogP contribution in [0.25, 0.3) is 11.1 Å². The number of hydrogen-bond acceptors (Lipinski definition) is 5. The van der Waals surface area contributed by atoms with E-state index in [9.17, 15) is 9.90 Å². The highest BCUT2D eigenvalue weighted by molar-refractivity contribution is 6.33. The van der Waals surface area contributed by atoms with Crippen LogP contribution in [0.1, 0.15) is 35.5 Å². The lowest BCUT2D eigenvalue weighted by molar-refractivity contribution is 0.0544. The molecule has 1 saturated heterocycles. The normalized spacial score (nSPS) is 17.0. The van der Waals surface area contributed by atoms with E-state index >= 15 is 0 Å². The maximum absolute atomic E-state index is 13.8. The Kier molecular flexibility index (Phi) is 6.10. The number of carbonyl (C=O) groups excluding carboxylic acids is 1. The number of nitrogens with zero attached hydrogens (tertiary/aromatic N) is 3. The summed E-state index contributed by atoms with van der Waals surface area (Å²) >= 11 is 6.53. The number of aliphatic hydroxyl groups is 1. The maximum Gasteiger partial charge on any atom is 0.270 e. The molecule has 2 aliphatic rings. The van der Waals surface area contributed by atoms with E-state index in [1.165, 1.54) is 0 Å². The molecule has 178 valence electrons. The zero-order valence-corrected chi connectivity index (χ0v) is 20.3. The number of hydrogen-bond donors (Lipinski definition) is 3. The molecule has 7 nitrogen and oxygen atoms in total. The van der Waals surface area contributed by atoms with Crippen molar-refractivity contribution in [2.24, 2.45) is 5.41 Å². The van der Waals surface area contributed by atoms with Gasteiger partial charge < -0.3 is 25.2 Å². The number of carbonyl (C=O) groups is 1. The van der Waals surface area contributed by atoms with Crippen LogP contribution in [-0.2, 0) is 19.7 Å². The molecule has 1 aromatic carbocycles. The summed E-state index contributed by atoms with van der Waals surface area (Å²) in [6.07, 6.45) is 3.70. The van der Waals surface area contributed by atoms with Crippen molar-refractivity contribution in [1.82, 2.24) is 19.8 Å². The van der Waals surface area contributed by atoms with E-state index in [0.29, 0.717) is 23.8 Å². The van der Waals surface area contributed by atoms with Crippen molar-refractivity contribution >= 4 is 23.3 Å². The maximum atomic E-state index is 13.8. The Morgan fingerprint density at radius 2 is 1.97 bits per heavy atom. The fourth-order valence-electron chi connectivity index (χ4n) is 4.95. The van der Waals surface area contributed by atoms with Crippen molar-refractivity contribution in [3.05, 3.63) is 70.6 Å². The molecule has 1 amide bonds. The lowest BCUT2D eigenvalue weighted by atomic mass is 9.81. The first-order valence-electron chi connectivity index (χ1n) is 11.7. The van der Waals surface area contributed by atoms with Crippen LogP contribution in [-0.4, -0.2) is 51.1 Å². The highest BCUT2D eigenvalue weighted by Gasteiger charge is 2.43. The standard InChI is InChI=1S/C26H30ClN5O2/c1-17(2)30-24-8-21(22(27)9-29-24)20-7-23-25(34)32(10-18-5-3-4-6-19(18)12-33)16-26(13-28-14-26)15-31(23)11-20/h3-9,11,17,28,33H,10,12-16H2,1-2H3,(H,29,30). The summed E-state index contributed by atoms with van der Waals surface area (Å²) < 4.78 is 2.09. The molecule has 5 rings (SSSR count). The van der Waals surface area contributed by atoms with E-state index in [4.69, 9.17) is 11.6 Å². The molecular weight excluding hydrogens is 450 g/mol. The molecule has 1 spiro atoms. The van der Waals surface area contributed by atoms with E-state index in [1.54, 1.807) is 6.20 Å². The number of rotatable bonds is 6. The molecule has 8 heteroatoms. The Balaban J connectivity index is 1.52. The summed E-state index contributed by atoms with van der Waals surface area (Å²) in [6.45, 7) is 7.71. The van der Waals surface area contributed by atoms with Gasteiger partial charge in [0, 0.05) is 67.7 Å². The molecule has 0 saturated carbocycles. The van der Waals surface area contributed by atoms with Crippen LogP contribution in [0.3, 0.4) is 0 Å². The summed E-state index contributed by atoms with van der Waals surface area (Å²) in [4.78, 5) is 20.1. The van der Waals surface area contributed by atoms with Crippen LogP contribution in [0.4, 0.5) is 5.82 Å². The molecular formula is C26H30ClN5O2. The van der Waals surface area contributed by atoms with Crippen molar-refractivity contribution in [3.8, 4) is 11.1 Å². The largest absolute Gasteiger partial charge is 0.392 e. The molecule has 3 N–H and O–H groups in total. The van der Waals surface area contributed by atoms with E-state index in [0.717, 1.165) is 47.7 Å². The van der Waals surface area contributed by atoms with Gasteiger partial charge in [-0.15, -0.1) is 0 Å². The molecule has 0 radical (unpaired) electrons. The Hall–Kier alpha value is -2.87. The molecule has 2 aliphatic heterocycles. The van der Waals surface area contributed by atoms with E-state index in [2.05, 4.69) is 34.0 Å². The van der Waals surface area contributed by atoms with Gasteiger partial charge in [0.2, 0.25) is 0 Å². The van der Waals surface area contributed by atoms with Gasteiger partial charge in [0.25, 0.3) is 5.91 Å². The number of aliphatic hydroxyl groups excluding tert-OH is 1. The van der Waals surface area contributed by atoms with Crippen molar-refractivity contribution in [3.63, 3.8) is 0 Å². The second-order valence-corrected chi connectivity index (χ2v) is 10.2.